The normalized spacial score (nSPS) is 23.1. The lowest BCUT2D eigenvalue weighted by Crippen LogP contribution is -2.37. The van der Waals surface area contributed by atoms with Crippen molar-refractivity contribution in [2.45, 2.75) is 31.3 Å². The number of aliphatic hydroxyl groups is 1. The number of aliphatic hydroxyl groups excluding tert-OH is 1. The fourth-order valence-corrected chi connectivity index (χ4v) is 2.59. The Balaban J connectivity index is 1.63. The molecule has 102 valence electrons. The Bertz CT molecular complexity index is 470. The van der Waals surface area contributed by atoms with Gasteiger partial charge in [0.2, 0.25) is 5.91 Å². The first-order valence-corrected chi connectivity index (χ1v) is 6.93. The molecule has 0 spiro atoms. The van der Waals surface area contributed by atoms with Gasteiger partial charge in [-0.25, -0.2) is 0 Å². The highest BCUT2D eigenvalue weighted by molar-refractivity contribution is 5.84. The van der Waals surface area contributed by atoms with Gasteiger partial charge in [-0.3, -0.25) is 4.79 Å². The van der Waals surface area contributed by atoms with Gasteiger partial charge in [-0.05, 0) is 31.2 Å². The number of hydrogen-bond donors (Lipinski definition) is 2. The van der Waals surface area contributed by atoms with E-state index in [1.165, 1.54) is 0 Å². The van der Waals surface area contributed by atoms with Gasteiger partial charge in [-0.1, -0.05) is 18.2 Å². The zero-order chi connectivity index (χ0) is 13.2. The molecule has 3 rings (SSSR count). The fourth-order valence-electron chi connectivity index (χ4n) is 2.59. The Morgan fingerprint density at radius 2 is 2.16 bits per heavy atom. The monoisotopic (exact) mass is 261 g/mol. The van der Waals surface area contributed by atoms with E-state index in [1.807, 2.05) is 24.3 Å². The van der Waals surface area contributed by atoms with Crippen molar-refractivity contribution in [3.8, 4) is 5.75 Å². The number of amides is 1. The Labute approximate surface area is 112 Å². The van der Waals surface area contributed by atoms with Gasteiger partial charge < -0.3 is 15.2 Å². The summed E-state index contributed by atoms with van der Waals surface area (Å²) in [7, 11) is 0. The van der Waals surface area contributed by atoms with Crippen LogP contribution in [-0.4, -0.2) is 30.3 Å². The summed E-state index contributed by atoms with van der Waals surface area (Å²) >= 11 is 0. The van der Waals surface area contributed by atoms with E-state index in [2.05, 4.69) is 5.32 Å². The number of carbonyl (C=O) groups excluding carboxylic acids is 1. The molecule has 1 amide bonds. The van der Waals surface area contributed by atoms with Crippen LogP contribution in [0.3, 0.4) is 0 Å². The Morgan fingerprint density at radius 1 is 1.37 bits per heavy atom. The molecule has 2 N–H and O–H groups in total. The SMILES string of the molecule is O=C(NCC(O)C1CC1)C1CCOc2ccccc21. The molecule has 1 aromatic carbocycles. The molecule has 4 heteroatoms. The summed E-state index contributed by atoms with van der Waals surface area (Å²) in [6, 6.07) is 7.67. The molecular weight excluding hydrogens is 242 g/mol. The van der Waals surface area contributed by atoms with Gasteiger partial charge in [0.1, 0.15) is 5.75 Å². The number of nitrogens with one attached hydrogen (secondary N) is 1. The van der Waals surface area contributed by atoms with Gasteiger partial charge in [0.25, 0.3) is 0 Å². The molecule has 4 nitrogen and oxygen atoms in total. The average molecular weight is 261 g/mol. The lowest BCUT2D eigenvalue weighted by Gasteiger charge is -2.25. The molecule has 1 aliphatic heterocycles. The standard InChI is InChI=1S/C15H19NO3/c17-13(10-5-6-10)9-16-15(18)12-7-8-19-14-4-2-1-3-11(12)14/h1-4,10,12-13,17H,5-9H2,(H,16,18). The van der Waals surface area contributed by atoms with E-state index < -0.39 is 0 Å². The Morgan fingerprint density at radius 3 is 2.95 bits per heavy atom. The van der Waals surface area contributed by atoms with Crippen molar-refractivity contribution >= 4 is 5.91 Å². The maximum Gasteiger partial charge on any atom is 0.227 e. The molecule has 1 aromatic rings. The van der Waals surface area contributed by atoms with Crippen molar-refractivity contribution in [3.63, 3.8) is 0 Å². The maximum atomic E-state index is 12.2. The minimum Gasteiger partial charge on any atom is -0.493 e. The zero-order valence-electron chi connectivity index (χ0n) is 10.8. The van der Waals surface area contributed by atoms with Crippen molar-refractivity contribution < 1.29 is 14.6 Å². The van der Waals surface area contributed by atoms with Crippen LogP contribution in [0.15, 0.2) is 24.3 Å². The molecule has 2 aliphatic rings. The molecule has 1 saturated carbocycles. The molecule has 0 saturated heterocycles. The third-order valence-electron chi connectivity index (χ3n) is 3.93. The summed E-state index contributed by atoms with van der Waals surface area (Å²) in [6.07, 6.45) is 2.47. The highest BCUT2D eigenvalue weighted by atomic mass is 16.5. The predicted molar refractivity (Wildman–Crippen MR) is 71.0 cm³/mol. The summed E-state index contributed by atoms with van der Waals surface area (Å²) in [5, 5.41) is 12.7. The van der Waals surface area contributed by atoms with E-state index in [0.717, 1.165) is 24.2 Å². The second kappa shape index (κ2) is 5.21. The number of benzene rings is 1. The van der Waals surface area contributed by atoms with Gasteiger partial charge >= 0.3 is 0 Å². The summed E-state index contributed by atoms with van der Waals surface area (Å²) in [4.78, 5) is 12.2. The van der Waals surface area contributed by atoms with Crippen LogP contribution in [-0.2, 0) is 4.79 Å². The van der Waals surface area contributed by atoms with Crippen molar-refractivity contribution in [1.82, 2.24) is 5.32 Å². The lowest BCUT2D eigenvalue weighted by atomic mass is 9.92. The van der Waals surface area contributed by atoms with Crippen molar-refractivity contribution in [2.24, 2.45) is 5.92 Å². The number of fused-ring (bicyclic) bond motifs is 1. The van der Waals surface area contributed by atoms with Crippen LogP contribution in [0.2, 0.25) is 0 Å². The van der Waals surface area contributed by atoms with Gasteiger partial charge in [0.05, 0.1) is 18.6 Å². The summed E-state index contributed by atoms with van der Waals surface area (Å²) < 4.78 is 5.55. The second-order valence-electron chi connectivity index (χ2n) is 5.38. The summed E-state index contributed by atoms with van der Waals surface area (Å²) in [5.74, 6) is 1.03. The van der Waals surface area contributed by atoms with Crippen LogP contribution in [0.25, 0.3) is 0 Å². The third kappa shape index (κ3) is 2.73. The maximum absolute atomic E-state index is 12.2. The molecule has 19 heavy (non-hydrogen) atoms. The molecule has 2 unspecified atom stereocenters. The van der Waals surface area contributed by atoms with E-state index in [0.29, 0.717) is 25.5 Å². The molecule has 1 aliphatic carbocycles. The quantitative estimate of drug-likeness (QED) is 0.862. The summed E-state index contributed by atoms with van der Waals surface area (Å²) in [6.45, 7) is 0.934. The lowest BCUT2D eigenvalue weighted by molar-refractivity contribution is -0.123. The molecule has 2 atom stereocenters. The third-order valence-corrected chi connectivity index (χ3v) is 3.93. The van der Waals surface area contributed by atoms with Crippen LogP contribution in [0.4, 0.5) is 0 Å². The van der Waals surface area contributed by atoms with E-state index in [4.69, 9.17) is 4.74 Å². The van der Waals surface area contributed by atoms with Crippen LogP contribution >= 0.6 is 0 Å². The van der Waals surface area contributed by atoms with Crippen LogP contribution in [0.5, 0.6) is 5.75 Å². The average Bonchev–Trinajstić information content (AvgIpc) is 3.28. The van der Waals surface area contributed by atoms with Crippen LogP contribution < -0.4 is 10.1 Å². The van der Waals surface area contributed by atoms with Crippen molar-refractivity contribution in [1.29, 1.82) is 0 Å². The minimum absolute atomic E-state index is 0.00421. The fraction of sp³-hybridized carbons (Fsp3) is 0.533. The van der Waals surface area contributed by atoms with Gasteiger partial charge in [-0.15, -0.1) is 0 Å². The zero-order valence-corrected chi connectivity index (χ0v) is 10.8. The number of carbonyl (C=O) groups is 1. The minimum atomic E-state index is -0.390. The highest BCUT2D eigenvalue weighted by Crippen LogP contribution is 2.34. The second-order valence-corrected chi connectivity index (χ2v) is 5.38. The molecule has 0 aromatic heterocycles. The van der Waals surface area contributed by atoms with Crippen molar-refractivity contribution in [2.75, 3.05) is 13.2 Å². The van der Waals surface area contributed by atoms with Gasteiger partial charge in [0, 0.05) is 12.1 Å². The first-order chi connectivity index (χ1) is 9.25. The number of ether oxygens (including phenoxy) is 1. The Hall–Kier alpha value is -1.55. The van der Waals surface area contributed by atoms with Crippen LogP contribution in [0.1, 0.15) is 30.7 Å². The Kier molecular flexibility index (Phi) is 3.42. The molecular formula is C15H19NO3. The smallest absolute Gasteiger partial charge is 0.227 e. The summed E-state index contributed by atoms with van der Waals surface area (Å²) in [5.41, 5.74) is 0.951. The van der Waals surface area contributed by atoms with Gasteiger partial charge in [-0.2, -0.15) is 0 Å². The first kappa shape index (κ1) is 12.5. The van der Waals surface area contributed by atoms with E-state index >= 15 is 0 Å². The van der Waals surface area contributed by atoms with E-state index in [9.17, 15) is 9.90 Å². The number of rotatable bonds is 4. The van der Waals surface area contributed by atoms with E-state index in [1.54, 1.807) is 0 Å². The van der Waals surface area contributed by atoms with E-state index in [-0.39, 0.29) is 17.9 Å². The van der Waals surface area contributed by atoms with Crippen molar-refractivity contribution in [3.05, 3.63) is 29.8 Å². The molecule has 0 bridgehead atoms. The predicted octanol–water partition coefficient (Wildman–Crippen LogP) is 1.44. The van der Waals surface area contributed by atoms with Crippen LogP contribution in [0, 0.1) is 5.92 Å². The first-order valence-electron chi connectivity index (χ1n) is 6.93. The van der Waals surface area contributed by atoms with Gasteiger partial charge in [0.15, 0.2) is 0 Å². The largest absolute Gasteiger partial charge is 0.493 e. The number of hydrogen-bond acceptors (Lipinski definition) is 3. The molecule has 1 heterocycles. The number of para-hydroxylation sites is 1. The molecule has 1 fully saturated rings. The topological polar surface area (TPSA) is 58.6 Å². The highest BCUT2D eigenvalue weighted by Gasteiger charge is 2.31. The molecule has 0 radical (unpaired) electrons.